The highest BCUT2D eigenvalue weighted by molar-refractivity contribution is 5.85. The van der Waals surface area contributed by atoms with Crippen molar-refractivity contribution in [2.45, 2.75) is 45.1 Å². The van der Waals surface area contributed by atoms with Gasteiger partial charge in [0, 0.05) is 13.0 Å². The SMILES string of the molecule is CC[C@@H]1[C@H](OC)C(=O)N2[C@@H]1COC2(C)C. The van der Waals surface area contributed by atoms with Gasteiger partial charge in [-0.15, -0.1) is 0 Å². The highest BCUT2D eigenvalue weighted by Gasteiger charge is 2.56. The van der Waals surface area contributed by atoms with Crippen LogP contribution < -0.4 is 0 Å². The molecular weight excluding hydrogens is 194 g/mol. The Morgan fingerprint density at radius 3 is 2.80 bits per heavy atom. The third kappa shape index (κ3) is 1.39. The summed E-state index contributed by atoms with van der Waals surface area (Å²) < 4.78 is 11.0. The van der Waals surface area contributed by atoms with E-state index in [2.05, 4.69) is 6.92 Å². The maximum atomic E-state index is 12.1. The minimum Gasteiger partial charge on any atom is -0.371 e. The number of ether oxygens (including phenoxy) is 2. The summed E-state index contributed by atoms with van der Waals surface area (Å²) in [7, 11) is 1.61. The molecule has 2 aliphatic rings. The first-order valence-electron chi connectivity index (χ1n) is 5.53. The molecule has 0 N–H and O–H groups in total. The number of fused-ring (bicyclic) bond motifs is 1. The van der Waals surface area contributed by atoms with Gasteiger partial charge in [-0.25, -0.2) is 0 Å². The summed E-state index contributed by atoms with van der Waals surface area (Å²) in [6, 6.07) is 0.197. The van der Waals surface area contributed by atoms with Crippen LogP contribution in [0, 0.1) is 5.92 Å². The first-order valence-corrected chi connectivity index (χ1v) is 5.53. The molecule has 0 aromatic carbocycles. The van der Waals surface area contributed by atoms with E-state index in [-0.39, 0.29) is 24.0 Å². The topological polar surface area (TPSA) is 38.8 Å². The highest BCUT2D eigenvalue weighted by Crippen LogP contribution is 2.40. The molecule has 4 nitrogen and oxygen atoms in total. The van der Waals surface area contributed by atoms with Gasteiger partial charge in [-0.1, -0.05) is 6.92 Å². The highest BCUT2D eigenvalue weighted by atomic mass is 16.5. The van der Waals surface area contributed by atoms with E-state index in [4.69, 9.17) is 9.47 Å². The molecule has 86 valence electrons. The summed E-state index contributed by atoms with van der Waals surface area (Å²) in [5, 5.41) is 0. The molecule has 0 unspecified atom stereocenters. The number of hydrogen-bond acceptors (Lipinski definition) is 3. The fourth-order valence-electron chi connectivity index (χ4n) is 2.86. The molecule has 0 spiro atoms. The van der Waals surface area contributed by atoms with Crippen molar-refractivity contribution < 1.29 is 14.3 Å². The molecule has 0 aliphatic carbocycles. The van der Waals surface area contributed by atoms with Crippen molar-refractivity contribution in [3.8, 4) is 0 Å². The van der Waals surface area contributed by atoms with Crippen molar-refractivity contribution >= 4 is 5.91 Å². The van der Waals surface area contributed by atoms with Crippen molar-refractivity contribution in [2.75, 3.05) is 13.7 Å². The average Bonchev–Trinajstić information content (AvgIpc) is 2.63. The fourth-order valence-corrected chi connectivity index (χ4v) is 2.86. The van der Waals surface area contributed by atoms with Crippen molar-refractivity contribution in [1.29, 1.82) is 0 Å². The average molecular weight is 213 g/mol. The standard InChI is InChI=1S/C11H19NO3/c1-5-7-8-6-15-11(2,3)12(8)10(13)9(7)14-4/h7-9H,5-6H2,1-4H3/t7-,8+,9-/m0/s1. The van der Waals surface area contributed by atoms with Crippen LogP contribution in [-0.4, -0.2) is 42.4 Å². The van der Waals surface area contributed by atoms with Crippen LogP contribution >= 0.6 is 0 Å². The first kappa shape index (κ1) is 10.9. The molecule has 2 rings (SSSR count). The van der Waals surface area contributed by atoms with Crippen molar-refractivity contribution in [3.63, 3.8) is 0 Å². The molecule has 0 aromatic heterocycles. The lowest BCUT2D eigenvalue weighted by atomic mass is 9.96. The number of nitrogens with zero attached hydrogens (tertiary/aromatic N) is 1. The lowest BCUT2D eigenvalue weighted by Crippen LogP contribution is -2.45. The second-order valence-corrected chi connectivity index (χ2v) is 4.76. The second kappa shape index (κ2) is 3.46. The smallest absolute Gasteiger partial charge is 0.254 e. The number of carbonyl (C=O) groups excluding carboxylic acids is 1. The first-order chi connectivity index (χ1) is 7.03. The molecule has 2 heterocycles. The van der Waals surface area contributed by atoms with Crippen LogP contribution in [0.25, 0.3) is 0 Å². The second-order valence-electron chi connectivity index (χ2n) is 4.76. The number of methoxy groups -OCH3 is 1. The van der Waals surface area contributed by atoms with Gasteiger partial charge in [0.05, 0.1) is 12.6 Å². The van der Waals surface area contributed by atoms with E-state index >= 15 is 0 Å². The Bertz CT molecular complexity index is 277. The van der Waals surface area contributed by atoms with E-state index in [0.717, 1.165) is 6.42 Å². The summed E-state index contributed by atoms with van der Waals surface area (Å²) in [5.74, 6) is 0.348. The lowest BCUT2D eigenvalue weighted by Gasteiger charge is -2.29. The maximum Gasteiger partial charge on any atom is 0.254 e. The van der Waals surface area contributed by atoms with E-state index in [9.17, 15) is 4.79 Å². The Labute approximate surface area is 90.5 Å². The molecule has 4 heteroatoms. The third-order valence-corrected chi connectivity index (χ3v) is 3.61. The van der Waals surface area contributed by atoms with Gasteiger partial charge >= 0.3 is 0 Å². The van der Waals surface area contributed by atoms with Crippen LogP contribution in [-0.2, 0) is 14.3 Å². The molecule has 2 fully saturated rings. The Kier molecular flexibility index (Phi) is 2.51. The predicted octanol–water partition coefficient (Wildman–Crippen LogP) is 1.00. The Morgan fingerprint density at radius 1 is 1.60 bits per heavy atom. The zero-order valence-corrected chi connectivity index (χ0v) is 9.82. The van der Waals surface area contributed by atoms with Crippen molar-refractivity contribution in [3.05, 3.63) is 0 Å². The van der Waals surface area contributed by atoms with Crippen LogP contribution in [0.5, 0.6) is 0 Å². The van der Waals surface area contributed by atoms with E-state index in [0.29, 0.717) is 6.61 Å². The molecule has 0 radical (unpaired) electrons. The van der Waals surface area contributed by atoms with E-state index in [1.807, 2.05) is 18.7 Å². The molecule has 0 aromatic rings. The lowest BCUT2D eigenvalue weighted by molar-refractivity contribution is -0.150. The maximum absolute atomic E-state index is 12.1. The van der Waals surface area contributed by atoms with E-state index in [1.165, 1.54) is 0 Å². The Hall–Kier alpha value is -0.610. The number of amides is 1. The summed E-state index contributed by atoms with van der Waals surface area (Å²) in [5.41, 5.74) is -0.470. The monoisotopic (exact) mass is 213 g/mol. The molecule has 0 saturated carbocycles. The van der Waals surface area contributed by atoms with Gasteiger partial charge in [-0.05, 0) is 20.3 Å². The molecule has 3 atom stereocenters. The van der Waals surface area contributed by atoms with Gasteiger partial charge in [0.25, 0.3) is 5.91 Å². The van der Waals surface area contributed by atoms with Crippen LogP contribution in [0.15, 0.2) is 0 Å². The fraction of sp³-hybridized carbons (Fsp3) is 0.909. The van der Waals surface area contributed by atoms with E-state index in [1.54, 1.807) is 7.11 Å². The van der Waals surface area contributed by atoms with Crippen LogP contribution in [0.4, 0.5) is 0 Å². The molecule has 2 saturated heterocycles. The zero-order chi connectivity index (χ0) is 11.2. The summed E-state index contributed by atoms with van der Waals surface area (Å²) >= 11 is 0. The predicted molar refractivity (Wildman–Crippen MR) is 55.2 cm³/mol. The van der Waals surface area contributed by atoms with E-state index < -0.39 is 5.72 Å². The van der Waals surface area contributed by atoms with Crippen LogP contribution in [0.3, 0.4) is 0 Å². The zero-order valence-electron chi connectivity index (χ0n) is 9.82. The molecule has 15 heavy (non-hydrogen) atoms. The molecule has 2 aliphatic heterocycles. The quantitative estimate of drug-likeness (QED) is 0.687. The minimum atomic E-state index is -0.470. The van der Waals surface area contributed by atoms with Gasteiger partial charge < -0.3 is 14.4 Å². The summed E-state index contributed by atoms with van der Waals surface area (Å²) in [6.45, 7) is 6.61. The molecular formula is C11H19NO3. The molecule has 1 amide bonds. The van der Waals surface area contributed by atoms with Crippen LogP contribution in [0.2, 0.25) is 0 Å². The van der Waals surface area contributed by atoms with Gasteiger partial charge in [0.15, 0.2) is 0 Å². The third-order valence-electron chi connectivity index (χ3n) is 3.61. The van der Waals surface area contributed by atoms with Gasteiger partial charge in [-0.2, -0.15) is 0 Å². The minimum absolute atomic E-state index is 0.0804. The van der Waals surface area contributed by atoms with Gasteiger partial charge in [0.1, 0.15) is 11.8 Å². The number of hydrogen-bond donors (Lipinski definition) is 0. The molecule has 0 bridgehead atoms. The van der Waals surface area contributed by atoms with Crippen molar-refractivity contribution in [1.82, 2.24) is 4.90 Å². The van der Waals surface area contributed by atoms with Crippen LogP contribution in [0.1, 0.15) is 27.2 Å². The number of carbonyl (C=O) groups is 1. The van der Waals surface area contributed by atoms with Gasteiger partial charge in [-0.3, -0.25) is 4.79 Å². The number of rotatable bonds is 2. The summed E-state index contributed by atoms with van der Waals surface area (Å²) in [4.78, 5) is 14.0. The summed E-state index contributed by atoms with van der Waals surface area (Å²) in [6.07, 6.45) is 0.674. The van der Waals surface area contributed by atoms with Crippen molar-refractivity contribution in [2.24, 2.45) is 5.92 Å². The Morgan fingerprint density at radius 2 is 2.27 bits per heavy atom. The largest absolute Gasteiger partial charge is 0.371 e. The Balaban J connectivity index is 2.30. The van der Waals surface area contributed by atoms with Gasteiger partial charge in [0.2, 0.25) is 0 Å². The normalized spacial score (nSPS) is 38.5.